The van der Waals surface area contributed by atoms with Crippen LogP contribution in [0.25, 0.3) is 11.0 Å². The molecule has 0 aliphatic heterocycles. The lowest BCUT2D eigenvalue weighted by Crippen LogP contribution is -2.32. The molecular weight excluding hydrogens is 448 g/mol. The summed E-state index contributed by atoms with van der Waals surface area (Å²) in [5.74, 6) is 0.573. The number of rotatable bonds is 9. The number of nitrogens with zero attached hydrogens (tertiary/aromatic N) is 3. The Morgan fingerprint density at radius 1 is 1.00 bits per heavy atom. The van der Waals surface area contributed by atoms with Gasteiger partial charge in [-0.2, -0.15) is 0 Å². The van der Waals surface area contributed by atoms with E-state index in [1.54, 1.807) is 24.1 Å². The number of thioether (sulfide) groups is 1. The zero-order valence-corrected chi connectivity index (χ0v) is 19.9. The lowest BCUT2D eigenvalue weighted by molar-refractivity contribution is -0.117. The first-order chi connectivity index (χ1) is 16.6. The fourth-order valence-corrected chi connectivity index (χ4v) is 4.60. The molecule has 0 aliphatic rings. The van der Waals surface area contributed by atoms with Crippen molar-refractivity contribution < 1.29 is 14.3 Å². The van der Waals surface area contributed by atoms with E-state index in [0.29, 0.717) is 23.1 Å². The number of imidazole rings is 1. The van der Waals surface area contributed by atoms with Crippen LogP contribution in [0.2, 0.25) is 0 Å². The molecule has 0 spiro atoms. The minimum Gasteiger partial charge on any atom is -0.495 e. The lowest BCUT2D eigenvalue weighted by Gasteiger charge is -2.20. The van der Waals surface area contributed by atoms with E-state index >= 15 is 0 Å². The second-order valence-electron chi connectivity index (χ2n) is 7.48. The molecule has 0 fully saturated rings. The van der Waals surface area contributed by atoms with Crippen LogP contribution >= 0.6 is 11.8 Å². The molecular formula is C26H26N4O3S. The number of para-hydroxylation sites is 5. The third-order valence-electron chi connectivity index (χ3n) is 5.31. The summed E-state index contributed by atoms with van der Waals surface area (Å²) in [6.45, 7) is 2.58. The molecule has 8 heteroatoms. The Labute approximate surface area is 202 Å². The monoisotopic (exact) mass is 474 g/mol. The number of hydrogen-bond acceptors (Lipinski definition) is 5. The van der Waals surface area contributed by atoms with Gasteiger partial charge < -0.3 is 19.5 Å². The van der Waals surface area contributed by atoms with Crippen molar-refractivity contribution in [2.75, 3.05) is 29.6 Å². The van der Waals surface area contributed by atoms with E-state index in [2.05, 4.69) is 10.3 Å². The molecule has 7 nitrogen and oxygen atoms in total. The van der Waals surface area contributed by atoms with Crippen LogP contribution in [0, 0.1) is 0 Å². The lowest BCUT2D eigenvalue weighted by atomic mass is 10.3. The summed E-state index contributed by atoms with van der Waals surface area (Å²) in [4.78, 5) is 32.3. The molecule has 34 heavy (non-hydrogen) atoms. The van der Waals surface area contributed by atoms with Gasteiger partial charge in [0.15, 0.2) is 5.16 Å². The van der Waals surface area contributed by atoms with E-state index in [4.69, 9.17) is 4.74 Å². The quantitative estimate of drug-likeness (QED) is 0.352. The minimum absolute atomic E-state index is 0.0178. The van der Waals surface area contributed by atoms with Crippen LogP contribution in [0.1, 0.15) is 6.92 Å². The molecule has 0 radical (unpaired) electrons. The first-order valence-corrected chi connectivity index (χ1v) is 12.0. The SMILES string of the molecule is CCN(C(=O)CSc1nc2ccccc2n1CC(=O)Nc1ccccc1OC)c1ccccc1. The van der Waals surface area contributed by atoms with Gasteiger partial charge in [-0.15, -0.1) is 0 Å². The Kier molecular flexibility index (Phi) is 7.49. The maximum absolute atomic E-state index is 13.0. The molecule has 0 bridgehead atoms. The summed E-state index contributed by atoms with van der Waals surface area (Å²) in [5, 5.41) is 3.53. The number of methoxy groups -OCH3 is 1. The van der Waals surface area contributed by atoms with Gasteiger partial charge >= 0.3 is 0 Å². The van der Waals surface area contributed by atoms with E-state index in [1.165, 1.54) is 11.8 Å². The van der Waals surface area contributed by atoms with Crippen molar-refractivity contribution in [2.24, 2.45) is 0 Å². The Balaban J connectivity index is 1.53. The molecule has 4 aromatic rings. The maximum Gasteiger partial charge on any atom is 0.244 e. The summed E-state index contributed by atoms with van der Waals surface area (Å²) >= 11 is 1.33. The number of carbonyl (C=O) groups excluding carboxylic acids is 2. The second kappa shape index (κ2) is 10.9. The number of benzene rings is 3. The smallest absolute Gasteiger partial charge is 0.244 e. The van der Waals surface area contributed by atoms with Gasteiger partial charge in [0.25, 0.3) is 0 Å². The number of anilines is 2. The number of carbonyl (C=O) groups is 2. The van der Waals surface area contributed by atoms with Crippen LogP contribution in [0.3, 0.4) is 0 Å². The largest absolute Gasteiger partial charge is 0.495 e. The van der Waals surface area contributed by atoms with Gasteiger partial charge in [0.1, 0.15) is 12.3 Å². The van der Waals surface area contributed by atoms with Crippen LogP contribution in [0.15, 0.2) is 84.0 Å². The van der Waals surface area contributed by atoms with Crippen molar-refractivity contribution >= 4 is 46.0 Å². The van der Waals surface area contributed by atoms with Crippen molar-refractivity contribution in [2.45, 2.75) is 18.6 Å². The van der Waals surface area contributed by atoms with Crippen molar-refractivity contribution in [3.8, 4) is 5.75 Å². The summed E-state index contributed by atoms with van der Waals surface area (Å²) < 4.78 is 7.17. The molecule has 174 valence electrons. The van der Waals surface area contributed by atoms with Crippen molar-refractivity contribution in [3.63, 3.8) is 0 Å². The molecule has 3 aromatic carbocycles. The highest BCUT2D eigenvalue weighted by atomic mass is 32.2. The van der Waals surface area contributed by atoms with Crippen LogP contribution in [0.4, 0.5) is 11.4 Å². The minimum atomic E-state index is -0.208. The first-order valence-electron chi connectivity index (χ1n) is 11.0. The third-order valence-corrected chi connectivity index (χ3v) is 6.27. The normalized spacial score (nSPS) is 10.8. The van der Waals surface area contributed by atoms with Gasteiger partial charge in [0, 0.05) is 12.2 Å². The average Bonchev–Trinajstić information content (AvgIpc) is 3.21. The zero-order valence-electron chi connectivity index (χ0n) is 19.1. The Bertz CT molecular complexity index is 1290. The van der Waals surface area contributed by atoms with Gasteiger partial charge in [0.05, 0.1) is 29.6 Å². The molecule has 4 rings (SSSR count). The molecule has 1 aromatic heterocycles. The summed E-state index contributed by atoms with van der Waals surface area (Å²) in [7, 11) is 1.56. The summed E-state index contributed by atoms with van der Waals surface area (Å²) in [5.41, 5.74) is 3.08. The van der Waals surface area contributed by atoms with Gasteiger partial charge in [-0.1, -0.05) is 54.2 Å². The van der Waals surface area contributed by atoms with E-state index in [9.17, 15) is 9.59 Å². The summed E-state index contributed by atoms with van der Waals surface area (Å²) in [6.07, 6.45) is 0. The van der Waals surface area contributed by atoms with Crippen LogP contribution in [-0.2, 0) is 16.1 Å². The molecule has 0 saturated heterocycles. The second-order valence-corrected chi connectivity index (χ2v) is 8.42. The molecule has 0 unspecified atom stereocenters. The Hall–Kier alpha value is -3.78. The van der Waals surface area contributed by atoms with Gasteiger partial charge in [0.2, 0.25) is 11.8 Å². The molecule has 0 aliphatic carbocycles. The number of nitrogens with one attached hydrogen (secondary N) is 1. The first kappa shape index (κ1) is 23.4. The highest BCUT2D eigenvalue weighted by molar-refractivity contribution is 7.99. The van der Waals surface area contributed by atoms with E-state index in [-0.39, 0.29) is 24.1 Å². The predicted molar refractivity (Wildman–Crippen MR) is 137 cm³/mol. The van der Waals surface area contributed by atoms with Crippen molar-refractivity contribution in [1.29, 1.82) is 0 Å². The molecule has 0 saturated carbocycles. The Morgan fingerprint density at radius 2 is 1.71 bits per heavy atom. The summed E-state index contributed by atoms with van der Waals surface area (Å²) in [6, 6.07) is 24.5. The van der Waals surface area contributed by atoms with Gasteiger partial charge in [-0.25, -0.2) is 4.98 Å². The Morgan fingerprint density at radius 3 is 2.47 bits per heavy atom. The average molecular weight is 475 g/mol. The third kappa shape index (κ3) is 5.23. The van der Waals surface area contributed by atoms with E-state index in [1.807, 2.05) is 78.2 Å². The highest BCUT2D eigenvalue weighted by Gasteiger charge is 2.19. The molecule has 1 N–H and O–H groups in total. The highest BCUT2D eigenvalue weighted by Crippen LogP contribution is 2.27. The zero-order chi connectivity index (χ0) is 23.9. The van der Waals surface area contributed by atoms with Crippen molar-refractivity contribution in [1.82, 2.24) is 9.55 Å². The van der Waals surface area contributed by atoms with Gasteiger partial charge in [-0.3, -0.25) is 9.59 Å². The standard InChI is InChI=1S/C26H26N4O3S/c1-3-29(19-11-5-4-6-12-19)25(32)18-34-26-28-20-13-7-9-15-22(20)30(26)17-24(31)27-21-14-8-10-16-23(21)33-2/h4-16H,3,17-18H2,1-2H3,(H,27,31). The van der Waals surface area contributed by atoms with Crippen molar-refractivity contribution in [3.05, 3.63) is 78.9 Å². The predicted octanol–water partition coefficient (Wildman–Crippen LogP) is 4.83. The number of fused-ring (bicyclic) bond motifs is 1. The van der Waals surface area contributed by atoms with Crippen LogP contribution in [0.5, 0.6) is 5.75 Å². The molecule has 0 atom stereocenters. The molecule has 1 heterocycles. The maximum atomic E-state index is 13.0. The van der Waals surface area contributed by atoms with Crippen LogP contribution in [-0.4, -0.2) is 40.8 Å². The molecule has 2 amide bonds. The number of hydrogen-bond donors (Lipinski definition) is 1. The van der Waals surface area contributed by atoms with E-state index < -0.39 is 0 Å². The number of aromatic nitrogens is 2. The van der Waals surface area contributed by atoms with E-state index in [0.717, 1.165) is 16.7 Å². The van der Waals surface area contributed by atoms with Crippen LogP contribution < -0.4 is 15.0 Å². The fourth-order valence-electron chi connectivity index (χ4n) is 3.71. The fraction of sp³-hybridized carbons (Fsp3) is 0.192. The number of amides is 2. The number of ether oxygens (including phenoxy) is 1. The topological polar surface area (TPSA) is 76.5 Å². The van der Waals surface area contributed by atoms with Gasteiger partial charge in [-0.05, 0) is 43.3 Å².